The van der Waals surface area contributed by atoms with Gasteiger partial charge in [-0.05, 0) is 44.2 Å². The number of nitro groups is 1. The highest BCUT2D eigenvalue weighted by Crippen LogP contribution is 2.38. The predicted octanol–water partition coefficient (Wildman–Crippen LogP) is 3.22. The van der Waals surface area contributed by atoms with Gasteiger partial charge in [0.25, 0.3) is 5.69 Å². The number of nitrogens with one attached hydrogen (secondary N) is 1. The fourth-order valence-electron chi connectivity index (χ4n) is 3.60. The van der Waals surface area contributed by atoms with E-state index in [0.717, 1.165) is 32.5 Å². The number of piperidine rings is 1. The van der Waals surface area contributed by atoms with Crippen LogP contribution in [0.1, 0.15) is 25.7 Å². The van der Waals surface area contributed by atoms with E-state index in [1.165, 1.54) is 18.9 Å². The third-order valence-corrected chi connectivity index (χ3v) is 4.99. The first-order chi connectivity index (χ1) is 10.2. The third-order valence-electron chi connectivity index (χ3n) is 4.69. The second-order valence-corrected chi connectivity index (χ2v) is 6.30. The maximum atomic E-state index is 11.2. The Morgan fingerprint density at radius 3 is 2.67 bits per heavy atom. The van der Waals surface area contributed by atoms with Gasteiger partial charge in [-0.2, -0.15) is 0 Å². The molecular weight excluding hydrogens is 290 g/mol. The van der Waals surface area contributed by atoms with E-state index in [-0.39, 0.29) is 10.6 Å². The molecule has 2 aliphatic heterocycles. The molecule has 21 heavy (non-hydrogen) atoms. The van der Waals surface area contributed by atoms with Crippen LogP contribution in [-0.4, -0.2) is 30.6 Å². The van der Waals surface area contributed by atoms with E-state index >= 15 is 0 Å². The minimum absolute atomic E-state index is 0.111. The Morgan fingerprint density at radius 1 is 1.29 bits per heavy atom. The van der Waals surface area contributed by atoms with E-state index in [2.05, 4.69) is 10.2 Å². The third kappa shape index (κ3) is 2.99. The van der Waals surface area contributed by atoms with Gasteiger partial charge >= 0.3 is 0 Å². The van der Waals surface area contributed by atoms with Gasteiger partial charge in [0.2, 0.25) is 0 Å². The summed E-state index contributed by atoms with van der Waals surface area (Å²) in [5, 5.41) is 15.2. The highest BCUT2D eigenvalue weighted by atomic mass is 35.5. The van der Waals surface area contributed by atoms with Gasteiger partial charge in [-0.1, -0.05) is 17.7 Å². The van der Waals surface area contributed by atoms with Crippen molar-refractivity contribution in [3.8, 4) is 0 Å². The molecule has 0 amide bonds. The minimum atomic E-state index is -0.341. The van der Waals surface area contributed by atoms with E-state index in [9.17, 15) is 10.1 Å². The zero-order chi connectivity index (χ0) is 14.8. The van der Waals surface area contributed by atoms with Crippen molar-refractivity contribution >= 4 is 23.0 Å². The molecule has 3 rings (SSSR count). The second-order valence-electron chi connectivity index (χ2n) is 5.89. The molecule has 2 saturated heterocycles. The maximum absolute atomic E-state index is 11.2. The molecule has 0 saturated carbocycles. The first kappa shape index (κ1) is 14.6. The smallest absolute Gasteiger partial charge is 0.294 e. The molecule has 1 aromatic carbocycles. The van der Waals surface area contributed by atoms with Crippen LogP contribution >= 0.6 is 11.6 Å². The number of anilines is 1. The van der Waals surface area contributed by atoms with E-state index in [1.807, 2.05) is 0 Å². The molecule has 6 heteroatoms. The lowest BCUT2D eigenvalue weighted by Crippen LogP contribution is -2.41. The van der Waals surface area contributed by atoms with Crippen molar-refractivity contribution in [1.29, 1.82) is 0 Å². The summed E-state index contributed by atoms with van der Waals surface area (Å²) in [6, 6.07) is 5.54. The number of nitro benzene ring substituents is 1. The summed E-state index contributed by atoms with van der Waals surface area (Å²) < 4.78 is 0. The molecule has 0 aliphatic carbocycles. The molecule has 114 valence electrons. The van der Waals surface area contributed by atoms with Gasteiger partial charge in [-0.15, -0.1) is 0 Å². The lowest BCUT2D eigenvalue weighted by Gasteiger charge is -2.36. The molecule has 0 radical (unpaired) electrons. The van der Waals surface area contributed by atoms with Crippen LogP contribution in [0.25, 0.3) is 0 Å². The minimum Gasteiger partial charge on any atom is -0.365 e. The van der Waals surface area contributed by atoms with Crippen LogP contribution in [0.2, 0.25) is 5.02 Å². The van der Waals surface area contributed by atoms with Crippen molar-refractivity contribution in [2.45, 2.75) is 31.7 Å². The van der Waals surface area contributed by atoms with Gasteiger partial charge in [0.05, 0.1) is 9.95 Å². The van der Waals surface area contributed by atoms with Crippen molar-refractivity contribution in [3.05, 3.63) is 33.3 Å². The average Bonchev–Trinajstić information content (AvgIpc) is 3.01. The predicted molar refractivity (Wildman–Crippen MR) is 84.1 cm³/mol. The standard InChI is InChI=1S/C15H20ClN3O2/c16-12-3-1-5-14(19(20)21)15(12)18-9-6-11(7-10-18)13-4-2-8-17-13/h1,3,5,11,13,17H,2,4,6-10H2. The van der Waals surface area contributed by atoms with Gasteiger partial charge in [0.15, 0.2) is 0 Å². The Morgan fingerprint density at radius 2 is 2.05 bits per heavy atom. The van der Waals surface area contributed by atoms with Crippen molar-refractivity contribution in [2.24, 2.45) is 5.92 Å². The van der Waals surface area contributed by atoms with Crippen LogP contribution in [0, 0.1) is 16.0 Å². The first-order valence-corrected chi connectivity index (χ1v) is 7.96. The number of benzene rings is 1. The van der Waals surface area contributed by atoms with Crippen LogP contribution in [0.4, 0.5) is 11.4 Å². The lowest BCUT2D eigenvalue weighted by molar-refractivity contribution is -0.384. The molecule has 0 aromatic heterocycles. The zero-order valence-electron chi connectivity index (χ0n) is 11.9. The van der Waals surface area contributed by atoms with Crippen LogP contribution in [-0.2, 0) is 0 Å². The zero-order valence-corrected chi connectivity index (χ0v) is 12.7. The summed E-state index contributed by atoms with van der Waals surface area (Å²) in [7, 11) is 0. The van der Waals surface area contributed by atoms with Gasteiger partial charge < -0.3 is 10.2 Å². The van der Waals surface area contributed by atoms with Crippen LogP contribution in [0.15, 0.2) is 18.2 Å². The van der Waals surface area contributed by atoms with Crippen LogP contribution < -0.4 is 10.2 Å². The summed E-state index contributed by atoms with van der Waals surface area (Å²) in [5.41, 5.74) is 0.696. The second kappa shape index (κ2) is 6.20. The molecule has 1 aromatic rings. The highest BCUT2D eigenvalue weighted by molar-refractivity contribution is 6.33. The number of halogens is 1. The van der Waals surface area contributed by atoms with E-state index in [1.54, 1.807) is 12.1 Å². The SMILES string of the molecule is O=[N+]([O-])c1cccc(Cl)c1N1CCC(C2CCCN2)CC1. The number of hydrogen-bond acceptors (Lipinski definition) is 4. The number of rotatable bonds is 3. The van der Waals surface area contributed by atoms with Crippen LogP contribution in [0.3, 0.4) is 0 Å². The number of para-hydroxylation sites is 1. The number of nitrogens with zero attached hydrogens (tertiary/aromatic N) is 2. The van der Waals surface area contributed by atoms with E-state index in [0.29, 0.717) is 22.7 Å². The summed E-state index contributed by atoms with van der Waals surface area (Å²) >= 11 is 6.21. The summed E-state index contributed by atoms with van der Waals surface area (Å²) in [6.45, 7) is 2.81. The molecule has 1 unspecified atom stereocenters. The molecule has 2 aliphatic rings. The Balaban J connectivity index is 1.73. The molecule has 2 heterocycles. The molecular formula is C15H20ClN3O2. The summed E-state index contributed by atoms with van der Waals surface area (Å²) in [6.07, 6.45) is 4.66. The molecule has 0 bridgehead atoms. The highest BCUT2D eigenvalue weighted by Gasteiger charge is 2.31. The topological polar surface area (TPSA) is 58.4 Å². The molecule has 0 spiro atoms. The Labute approximate surface area is 129 Å². The Hall–Kier alpha value is -1.33. The van der Waals surface area contributed by atoms with Crippen molar-refractivity contribution in [3.63, 3.8) is 0 Å². The van der Waals surface area contributed by atoms with Gasteiger partial charge in [0.1, 0.15) is 5.69 Å². The number of hydrogen-bond donors (Lipinski definition) is 1. The quantitative estimate of drug-likeness (QED) is 0.688. The average molecular weight is 310 g/mol. The van der Waals surface area contributed by atoms with Crippen molar-refractivity contribution in [2.75, 3.05) is 24.5 Å². The molecule has 2 fully saturated rings. The lowest BCUT2D eigenvalue weighted by atomic mass is 9.88. The summed E-state index contributed by atoms with van der Waals surface area (Å²) in [4.78, 5) is 12.9. The van der Waals surface area contributed by atoms with Crippen molar-refractivity contribution < 1.29 is 4.92 Å². The largest absolute Gasteiger partial charge is 0.365 e. The van der Waals surface area contributed by atoms with Gasteiger partial charge in [-0.3, -0.25) is 10.1 Å². The molecule has 1 atom stereocenters. The Kier molecular flexibility index (Phi) is 4.31. The van der Waals surface area contributed by atoms with Crippen molar-refractivity contribution in [1.82, 2.24) is 5.32 Å². The molecule has 1 N–H and O–H groups in total. The Bertz CT molecular complexity index is 524. The monoisotopic (exact) mass is 309 g/mol. The molecule has 5 nitrogen and oxygen atoms in total. The maximum Gasteiger partial charge on any atom is 0.294 e. The first-order valence-electron chi connectivity index (χ1n) is 7.58. The summed E-state index contributed by atoms with van der Waals surface area (Å²) in [5.74, 6) is 0.685. The van der Waals surface area contributed by atoms with Gasteiger partial charge in [-0.25, -0.2) is 0 Å². The van der Waals surface area contributed by atoms with E-state index in [4.69, 9.17) is 11.6 Å². The fraction of sp³-hybridized carbons (Fsp3) is 0.600. The normalized spacial score (nSPS) is 23.5. The van der Waals surface area contributed by atoms with E-state index < -0.39 is 0 Å². The fourth-order valence-corrected chi connectivity index (χ4v) is 3.89. The van der Waals surface area contributed by atoms with Crippen LogP contribution in [0.5, 0.6) is 0 Å². The van der Waals surface area contributed by atoms with Gasteiger partial charge in [0, 0.05) is 25.2 Å².